The van der Waals surface area contributed by atoms with E-state index in [1.807, 2.05) is 29.2 Å². The maximum atomic E-state index is 13.6. The zero-order chi connectivity index (χ0) is 18.5. The van der Waals surface area contributed by atoms with Crippen molar-refractivity contribution in [2.75, 3.05) is 11.9 Å². The molecule has 0 unspecified atom stereocenters. The van der Waals surface area contributed by atoms with E-state index < -0.39 is 11.6 Å². The first-order chi connectivity index (χ1) is 12.5. The third-order valence-corrected chi connectivity index (χ3v) is 4.19. The molecule has 2 aromatic rings. The number of nitrogens with two attached hydrogens (primary N) is 1. The second-order valence-electron chi connectivity index (χ2n) is 6.19. The molecule has 1 aliphatic rings. The van der Waals surface area contributed by atoms with Crippen molar-refractivity contribution in [3.63, 3.8) is 0 Å². The van der Waals surface area contributed by atoms with Crippen molar-refractivity contribution >= 4 is 17.6 Å². The third kappa shape index (κ3) is 4.56. The topological polar surface area (TPSA) is 70.7 Å². The summed E-state index contributed by atoms with van der Waals surface area (Å²) in [6.45, 7) is 1.73. The van der Waals surface area contributed by atoms with E-state index in [1.54, 1.807) is 0 Å². The Morgan fingerprint density at radius 2 is 1.88 bits per heavy atom. The molecule has 1 saturated heterocycles. The highest BCUT2D eigenvalue weighted by molar-refractivity contribution is 5.92. The second-order valence-corrected chi connectivity index (χ2v) is 6.19. The van der Waals surface area contributed by atoms with E-state index in [2.05, 4.69) is 10.3 Å². The minimum atomic E-state index is -0.606. The molecule has 0 aliphatic carbocycles. The second kappa shape index (κ2) is 7.95. The van der Waals surface area contributed by atoms with Crippen LogP contribution < -0.4 is 11.1 Å². The number of nitrogens with zero attached hydrogens (tertiary/aromatic N) is 2. The Balaban J connectivity index is 1.57. The smallest absolute Gasteiger partial charge is 0.222 e. The lowest BCUT2D eigenvalue weighted by molar-refractivity contribution is -0.128. The average Bonchev–Trinajstić information content (AvgIpc) is 3.02. The van der Waals surface area contributed by atoms with Gasteiger partial charge in [0, 0.05) is 25.6 Å². The predicted octanol–water partition coefficient (Wildman–Crippen LogP) is 3.01. The van der Waals surface area contributed by atoms with Gasteiger partial charge in [0.2, 0.25) is 5.91 Å². The molecular formula is C19H20F2N4O. The Morgan fingerprint density at radius 3 is 2.58 bits per heavy atom. The molecule has 5 nitrogen and oxygen atoms in total. The number of benzene rings is 2. The maximum Gasteiger partial charge on any atom is 0.222 e. The minimum absolute atomic E-state index is 0.00115. The van der Waals surface area contributed by atoms with E-state index in [-0.39, 0.29) is 17.6 Å². The molecule has 0 radical (unpaired) electrons. The van der Waals surface area contributed by atoms with Crippen molar-refractivity contribution in [1.82, 2.24) is 4.90 Å². The molecule has 136 valence electrons. The van der Waals surface area contributed by atoms with Gasteiger partial charge in [-0.2, -0.15) is 0 Å². The number of carbonyl (C=O) groups is 1. The van der Waals surface area contributed by atoms with Crippen LogP contribution in [-0.4, -0.2) is 23.3 Å². The first-order valence-corrected chi connectivity index (χ1v) is 8.39. The van der Waals surface area contributed by atoms with Crippen molar-refractivity contribution < 1.29 is 13.6 Å². The van der Waals surface area contributed by atoms with Gasteiger partial charge >= 0.3 is 0 Å². The van der Waals surface area contributed by atoms with Crippen LogP contribution in [-0.2, 0) is 17.9 Å². The Morgan fingerprint density at radius 1 is 1.15 bits per heavy atom. The maximum absolute atomic E-state index is 13.6. The molecule has 1 aliphatic heterocycles. The molecule has 0 saturated carbocycles. The number of anilines is 1. The van der Waals surface area contributed by atoms with Crippen molar-refractivity contribution in [1.29, 1.82) is 0 Å². The Kier molecular flexibility index (Phi) is 5.46. The van der Waals surface area contributed by atoms with E-state index >= 15 is 0 Å². The summed E-state index contributed by atoms with van der Waals surface area (Å²) in [6.07, 6.45) is 1.55. The normalized spacial score (nSPS) is 14.8. The molecule has 0 atom stereocenters. The fourth-order valence-electron chi connectivity index (χ4n) is 2.79. The molecule has 2 aromatic carbocycles. The number of carbonyl (C=O) groups excluding carboxylic acids is 1. The van der Waals surface area contributed by atoms with Crippen LogP contribution in [0.25, 0.3) is 0 Å². The molecule has 1 amide bonds. The Hall–Kier alpha value is -2.96. The predicted molar refractivity (Wildman–Crippen MR) is 96.4 cm³/mol. The van der Waals surface area contributed by atoms with Gasteiger partial charge in [-0.05, 0) is 29.7 Å². The first kappa shape index (κ1) is 17.8. The summed E-state index contributed by atoms with van der Waals surface area (Å²) in [6, 6.07) is 10.8. The third-order valence-electron chi connectivity index (χ3n) is 4.19. The lowest BCUT2D eigenvalue weighted by Gasteiger charge is -2.15. The summed E-state index contributed by atoms with van der Waals surface area (Å²) in [4.78, 5) is 17.6. The number of hydrogen-bond acceptors (Lipinski definition) is 2. The molecule has 26 heavy (non-hydrogen) atoms. The number of aliphatic imine (C=N–C) groups is 1. The van der Waals surface area contributed by atoms with Gasteiger partial charge in [-0.1, -0.05) is 24.3 Å². The monoisotopic (exact) mass is 358 g/mol. The minimum Gasteiger partial charge on any atom is -0.370 e. The van der Waals surface area contributed by atoms with Crippen molar-refractivity contribution in [2.24, 2.45) is 10.7 Å². The van der Waals surface area contributed by atoms with Crippen LogP contribution in [0, 0.1) is 11.6 Å². The first-order valence-electron chi connectivity index (χ1n) is 8.39. The summed E-state index contributed by atoms with van der Waals surface area (Å²) in [5.41, 5.74) is 7.65. The number of amides is 1. The molecule has 3 N–H and O–H groups in total. The van der Waals surface area contributed by atoms with Crippen LogP contribution in [0.3, 0.4) is 0 Å². The van der Waals surface area contributed by atoms with Gasteiger partial charge in [-0.3, -0.25) is 4.79 Å². The average molecular weight is 358 g/mol. The quantitative estimate of drug-likeness (QED) is 0.638. The highest BCUT2D eigenvalue weighted by atomic mass is 19.1. The number of hydrogen-bond donors (Lipinski definition) is 2. The zero-order valence-electron chi connectivity index (χ0n) is 14.2. The lowest BCUT2D eigenvalue weighted by Crippen LogP contribution is -2.23. The highest BCUT2D eigenvalue weighted by Gasteiger charge is 2.19. The summed E-state index contributed by atoms with van der Waals surface area (Å²) >= 11 is 0. The number of guanidine groups is 1. The number of likely N-dealkylation sites (tertiary alicyclic amines) is 1. The van der Waals surface area contributed by atoms with E-state index in [4.69, 9.17) is 5.73 Å². The van der Waals surface area contributed by atoms with Crippen LogP contribution in [0.1, 0.15) is 24.0 Å². The summed E-state index contributed by atoms with van der Waals surface area (Å²) < 4.78 is 26.7. The van der Waals surface area contributed by atoms with Gasteiger partial charge in [0.25, 0.3) is 0 Å². The van der Waals surface area contributed by atoms with Crippen LogP contribution in [0.5, 0.6) is 0 Å². The molecule has 1 fully saturated rings. The molecule has 0 aromatic heterocycles. The van der Waals surface area contributed by atoms with E-state index in [0.29, 0.717) is 19.5 Å². The van der Waals surface area contributed by atoms with Gasteiger partial charge in [-0.25, -0.2) is 13.8 Å². The Bertz CT molecular complexity index is 821. The van der Waals surface area contributed by atoms with Gasteiger partial charge in [0.05, 0.1) is 12.2 Å². The van der Waals surface area contributed by atoms with Gasteiger partial charge in [-0.15, -0.1) is 0 Å². The largest absolute Gasteiger partial charge is 0.370 e. The number of nitrogens with one attached hydrogen (secondary N) is 1. The van der Waals surface area contributed by atoms with E-state index in [0.717, 1.165) is 42.3 Å². The fraction of sp³-hybridized carbons (Fsp3) is 0.263. The van der Waals surface area contributed by atoms with Gasteiger partial charge in [0.1, 0.15) is 11.6 Å². The molecule has 7 heteroatoms. The molecule has 1 heterocycles. The van der Waals surface area contributed by atoms with Gasteiger partial charge in [0.15, 0.2) is 5.96 Å². The number of rotatable bonds is 5. The Labute approximate surface area is 150 Å². The van der Waals surface area contributed by atoms with Crippen molar-refractivity contribution in [3.05, 3.63) is 65.2 Å². The fourth-order valence-corrected chi connectivity index (χ4v) is 2.79. The molecule has 0 spiro atoms. The van der Waals surface area contributed by atoms with Gasteiger partial charge < -0.3 is 16.0 Å². The number of halogens is 2. The summed E-state index contributed by atoms with van der Waals surface area (Å²) in [5.74, 6) is -0.970. The highest BCUT2D eigenvalue weighted by Crippen LogP contribution is 2.16. The van der Waals surface area contributed by atoms with E-state index in [9.17, 15) is 13.6 Å². The van der Waals surface area contributed by atoms with Crippen LogP contribution in [0.15, 0.2) is 47.5 Å². The van der Waals surface area contributed by atoms with Crippen molar-refractivity contribution in [3.8, 4) is 0 Å². The molecule has 3 rings (SSSR count). The zero-order valence-corrected chi connectivity index (χ0v) is 14.2. The van der Waals surface area contributed by atoms with Crippen LogP contribution >= 0.6 is 0 Å². The SMILES string of the molecule is NC(=NCc1ccc(CN2CCCC2=O)cc1)Nc1cc(F)ccc1F. The van der Waals surface area contributed by atoms with Crippen molar-refractivity contribution in [2.45, 2.75) is 25.9 Å². The molecule has 0 bridgehead atoms. The molecular weight excluding hydrogens is 338 g/mol. The van der Waals surface area contributed by atoms with Crippen LogP contribution in [0.2, 0.25) is 0 Å². The summed E-state index contributed by atoms with van der Waals surface area (Å²) in [5, 5.41) is 2.55. The van der Waals surface area contributed by atoms with Crippen LogP contribution in [0.4, 0.5) is 14.5 Å². The van der Waals surface area contributed by atoms with E-state index in [1.165, 1.54) is 0 Å². The lowest BCUT2D eigenvalue weighted by atomic mass is 10.1. The summed E-state index contributed by atoms with van der Waals surface area (Å²) in [7, 11) is 0. The standard InChI is InChI=1S/C19H20F2N4O/c20-15-7-8-16(21)17(10-15)24-19(22)23-11-13-3-5-14(6-4-13)12-25-9-1-2-18(25)26/h3-8,10H,1-2,9,11-12H2,(H3,22,23,24).